The fourth-order valence-corrected chi connectivity index (χ4v) is 6.19. The van der Waals surface area contributed by atoms with E-state index in [4.69, 9.17) is 4.74 Å². The van der Waals surface area contributed by atoms with Gasteiger partial charge in [0, 0.05) is 4.88 Å². The molecule has 140 valence electrons. The second-order valence-electron chi connectivity index (χ2n) is 6.20. The first-order chi connectivity index (χ1) is 12.5. The van der Waals surface area contributed by atoms with Crippen LogP contribution in [0.25, 0.3) is 0 Å². The summed E-state index contributed by atoms with van der Waals surface area (Å²) in [7, 11) is -3.77. The molecule has 0 fully saturated rings. The van der Waals surface area contributed by atoms with Crippen molar-refractivity contribution in [2.45, 2.75) is 50.8 Å². The van der Waals surface area contributed by atoms with Gasteiger partial charge in [-0.25, -0.2) is 13.2 Å². The number of fused-ring (bicyclic) bond motifs is 1. The highest BCUT2D eigenvalue weighted by Gasteiger charge is 2.29. The lowest BCUT2D eigenvalue weighted by atomic mass is 9.95. The van der Waals surface area contributed by atoms with Crippen molar-refractivity contribution in [3.63, 3.8) is 0 Å². The van der Waals surface area contributed by atoms with E-state index in [0.717, 1.165) is 41.7 Å². The van der Waals surface area contributed by atoms with Gasteiger partial charge in [-0.05, 0) is 56.2 Å². The Morgan fingerprint density at radius 3 is 2.65 bits per heavy atom. The van der Waals surface area contributed by atoms with Crippen molar-refractivity contribution in [3.05, 3.63) is 45.8 Å². The Kier molecular flexibility index (Phi) is 5.67. The summed E-state index contributed by atoms with van der Waals surface area (Å²) in [4.78, 5) is 13.8. The number of anilines is 1. The molecule has 1 aliphatic carbocycles. The minimum atomic E-state index is -3.77. The molecule has 3 rings (SSSR count). The molecule has 0 spiro atoms. The molecule has 0 atom stereocenters. The average Bonchev–Trinajstić information content (AvgIpc) is 2.99. The molecule has 7 heteroatoms. The monoisotopic (exact) mass is 393 g/mol. The molecule has 0 saturated heterocycles. The first kappa shape index (κ1) is 18.9. The van der Waals surface area contributed by atoms with Crippen LogP contribution in [0, 0.1) is 0 Å². The fraction of sp³-hybridized carbons (Fsp3) is 0.421. The average molecular weight is 394 g/mol. The largest absolute Gasteiger partial charge is 0.462 e. The molecule has 0 unspecified atom stereocenters. The van der Waals surface area contributed by atoms with Gasteiger partial charge >= 0.3 is 5.97 Å². The molecule has 0 saturated carbocycles. The van der Waals surface area contributed by atoms with E-state index in [1.165, 1.54) is 11.3 Å². The van der Waals surface area contributed by atoms with E-state index in [1.807, 2.05) is 13.0 Å². The number of hydrogen-bond acceptors (Lipinski definition) is 5. The predicted octanol–water partition coefficient (Wildman–Crippen LogP) is 4.17. The van der Waals surface area contributed by atoms with Gasteiger partial charge in [0.15, 0.2) is 0 Å². The van der Waals surface area contributed by atoms with Crippen LogP contribution in [0.4, 0.5) is 5.00 Å². The Bertz CT molecular complexity index is 916. The summed E-state index contributed by atoms with van der Waals surface area (Å²) >= 11 is 1.36. The van der Waals surface area contributed by atoms with Crippen molar-refractivity contribution in [2.75, 3.05) is 11.3 Å². The van der Waals surface area contributed by atoms with Gasteiger partial charge in [-0.1, -0.05) is 25.1 Å². The molecular weight excluding hydrogens is 370 g/mol. The van der Waals surface area contributed by atoms with E-state index in [-0.39, 0.29) is 11.5 Å². The molecule has 1 heterocycles. The van der Waals surface area contributed by atoms with E-state index >= 15 is 0 Å². The third-order valence-corrected chi connectivity index (χ3v) is 7.31. The highest BCUT2D eigenvalue weighted by molar-refractivity contribution is 7.93. The van der Waals surface area contributed by atoms with Gasteiger partial charge in [-0.15, -0.1) is 11.3 Å². The maximum Gasteiger partial charge on any atom is 0.341 e. The zero-order chi connectivity index (χ0) is 18.7. The Hall–Kier alpha value is -1.86. The number of carbonyl (C=O) groups is 1. The predicted molar refractivity (Wildman–Crippen MR) is 104 cm³/mol. The molecule has 1 aliphatic rings. The molecule has 0 bridgehead atoms. The first-order valence-electron chi connectivity index (χ1n) is 8.90. The molecule has 0 radical (unpaired) electrons. The number of ether oxygens (including phenoxy) is 1. The highest BCUT2D eigenvalue weighted by Crippen LogP contribution is 2.39. The summed E-state index contributed by atoms with van der Waals surface area (Å²) in [6.45, 7) is 3.93. The number of hydrogen-bond donors (Lipinski definition) is 1. The van der Waals surface area contributed by atoms with Crippen LogP contribution in [-0.4, -0.2) is 21.0 Å². The zero-order valence-corrected chi connectivity index (χ0v) is 16.6. The van der Waals surface area contributed by atoms with Crippen molar-refractivity contribution in [1.82, 2.24) is 0 Å². The summed E-state index contributed by atoms with van der Waals surface area (Å²) in [5.41, 5.74) is 2.09. The van der Waals surface area contributed by atoms with Crippen molar-refractivity contribution in [3.8, 4) is 0 Å². The maximum absolute atomic E-state index is 13.0. The van der Waals surface area contributed by atoms with E-state index in [9.17, 15) is 13.2 Å². The van der Waals surface area contributed by atoms with Crippen LogP contribution >= 0.6 is 11.3 Å². The second-order valence-corrected chi connectivity index (χ2v) is 8.96. The number of carbonyl (C=O) groups excluding carboxylic acids is 1. The zero-order valence-electron chi connectivity index (χ0n) is 15.0. The van der Waals surface area contributed by atoms with E-state index < -0.39 is 16.0 Å². The highest BCUT2D eigenvalue weighted by atomic mass is 32.2. The van der Waals surface area contributed by atoms with Crippen LogP contribution < -0.4 is 4.72 Å². The van der Waals surface area contributed by atoms with Gasteiger partial charge in [0.25, 0.3) is 10.0 Å². The number of thiophene rings is 1. The topological polar surface area (TPSA) is 72.5 Å². The minimum Gasteiger partial charge on any atom is -0.462 e. The van der Waals surface area contributed by atoms with Crippen molar-refractivity contribution in [1.29, 1.82) is 0 Å². The Labute approximate surface area is 158 Å². The lowest BCUT2D eigenvalue weighted by molar-refractivity contribution is 0.0526. The lowest BCUT2D eigenvalue weighted by Gasteiger charge is -2.13. The van der Waals surface area contributed by atoms with Crippen molar-refractivity contribution in [2.24, 2.45) is 0 Å². The van der Waals surface area contributed by atoms with Gasteiger partial charge in [-0.3, -0.25) is 4.72 Å². The molecule has 0 amide bonds. The smallest absolute Gasteiger partial charge is 0.341 e. The van der Waals surface area contributed by atoms with Gasteiger partial charge in [-0.2, -0.15) is 0 Å². The van der Waals surface area contributed by atoms with E-state index in [0.29, 0.717) is 17.0 Å². The van der Waals surface area contributed by atoms with Crippen LogP contribution in [0.1, 0.15) is 53.1 Å². The summed E-state index contributed by atoms with van der Waals surface area (Å²) in [6.07, 6.45) is 4.33. The molecule has 1 aromatic carbocycles. The van der Waals surface area contributed by atoms with Gasteiger partial charge in [0.2, 0.25) is 0 Å². The van der Waals surface area contributed by atoms with Crippen LogP contribution in [-0.2, 0) is 34.0 Å². The van der Waals surface area contributed by atoms with Gasteiger partial charge < -0.3 is 4.74 Å². The number of nitrogens with one attached hydrogen (secondary N) is 1. The van der Waals surface area contributed by atoms with Gasteiger partial charge in [0.1, 0.15) is 5.00 Å². The third-order valence-electron chi connectivity index (χ3n) is 4.52. The molecular formula is C19H23NO4S2. The quantitative estimate of drug-likeness (QED) is 0.748. The Balaban J connectivity index is 2.04. The van der Waals surface area contributed by atoms with Crippen LogP contribution in [0.2, 0.25) is 0 Å². The SMILES string of the molecule is CCOC(=O)c1c(NS(=O)(=O)c2ccccc2CC)sc2c1CCCC2. The Morgan fingerprint density at radius 2 is 1.92 bits per heavy atom. The molecule has 2 aromatic rings. The normalized spacial score (nSPS) is 13.9. The third kappa shape index (κ3) is 3.64. The standard InChI is InChI=1S/C19H23NO4S2/c1-3-13-9-5-8-12-16(13)26(22,23)20-18-17(19(21)24-4-2)14-10-6-7-11-15(14)25-18/h5,8-9,12,20H,3-4,6-7,10-11H2,1-2H3. The maximum atomic E-state index is 13.0. The van der Waals surface area contributed by atoms with Crippen molar-refractivity contribution >= 4 is 32.3 Å². The number of aryl methyl sites for hydroxylation is 2. The van der Waals surface area contributed by atoms with Crippen LogP contribution in [0.5, 0.6) is 0 Å². The first-order valence-corrected chi connectivity index (χ1v) is 11.2. The number of rotatable bonds is 6. The van der Waals surface area contributed by atoms with E-state index in [2.05, 4.69) is 4.72 Å². The molecule has 26 heavy (non-hydrogen) atoms. The minimum absolute atomic E-state index is 0.253. The molecule has 0 aliphatic heterocycles. The molecule has 1 N–H and O–H groups in total. The summed E-state index contributed by atoms with van der Waals surface area (Å²) in [5.74, 6) is -0.451. The number of benzene rings is 1. The fourth-order valence-electron chi connectivity index (χ4n) is 3.29. The molecule has 5 nitrogen and oxygen atoms in total. The summed E-state index contributed by atoms with van der Waals surface area (Å²) < 4.78 is 33.8. The lowest BCUT2D eigenvalue weighted by Crippen LogP contribution is -2.17. The summed E-state index contributed by atoms with van der Waals surface area (Å²) in [6, 6.07) is 6.93. The number of sulfonamides is 1. The summed E-state index contributed by atoms with van der Waals surface area (Å²) in [5, 5.41) is 0.376. The van der Waals surface area contributed by atoms with Crippen molar-refractivity contribution < 1.29 is 17.9 Å². The second kappa shape index (κ2) is 7.80. The van der Waals surface area contributed by atoms with Crippen LogP contribution in [0.3, 0.4) is 0 Å². The van der Waals surface area contributed by atoms with Crippen LogP contribution in [0.15, 0.2) is 29.2 Å². The van der Waals surface area contributed by atoms with Gasteiger partial charge in [0.05, 0.1) is 17.1 Å². The number of esters is 1. The van der Waals surface area contributed by atoms with E-state index in [1.54, 1.807) is 25.1 Å². The molecule has 1 aromatic heterocycles. The Morgan fingerprint density at radius 1 is 1.19 bits per heavy atom.